The van der Waals surface area contributed by atoms with E-state index in [0.29, 0.717) is 48.5 Å². The first-order valence-corrected chi connectivity index (χ1v) is 9.14. The Kier molecular flexibility index (Phi) is 6.15. The van der Waals surface area contributed by atoms with E-state index in [1.165, 1.54) is 6.07 Å². The minimum atomic E-state index is -0.396. The molecule has 2 aromatic rings. The molecule has 0 aliphatic carbocycles. The Morgan fingerprint density at radius 3 is 2.56 bits per heavy atom. The number of halogens is 2. The molecule has 0 atom stereocenters. The molecule has 142 valence electrons. The quantitative estimate of drug-likeness (QED) is 0.605. The fourth-order valence-electron chi connectivity index (χ4n) is 2.92. The average molecular weight is 409 g/mol. The van der Waals surface area contributed by atoms with Gasteiger partial charge in [0, 0.05) is 49.9 Å². The predicted molar refractivity (Wildman–Crippen MR) is 105 cm³/mol. The summed E-state index contributed by atoms with van der Waals surface area (Å²) in [6, 6.07) is 11.3. The van der Waals surface area contributed by atoms with E-state index < -0.39 is 4.92 Å². The number of anilines is 1. The number of hydrogen-bond acceptors (Lipinski definition) is 4. The maximum atomic E-state index is 12.4. The van der Waals surface area contributed by atoms with Crippen molar-refractivity contribution in [3.63, 3.8) is 0 Å². The summed E-state index contributed by atoms with van der Waals surface area (Å²) in [6.07, 6.45) is 0. The van der Waals surface area contributed by atoms with Gasteiger partial charge in [-0.1, -0.05) is 35.3 Å². The highest BCUT2D eigenvalue weighted by molar-refractivity contribution is 6.35. The minimum Gasteiger partial charge on any atom is -0.322 e. The van der Waals surface area contributed by atoms with Crippen molar-refractivity contribution in [2.45, 2.75) is 6.54 Å². The van der Waals surface area contributed by atoms with E-state index in [9.17, 15) is 14.9 Å². The monoisotopic (exact) mass is 408 g/mol. The largest absolute Gasteiger partial charge is 0.322 e. The van der Waals surface area contributed by atoms with Crippen molar-refractivity contribution in [1.29, 1.82) is 0 Å². The maximum Gasteiger partial charge on any atom is 0.321 e. The summed E-state index contributed by atoms with van der Waals surface area (Å²) in [5.41, 5.74) is 1.45. The molecule has 0 spiro atoms. The Morgan fingerprint density at radius 2 is 1.85 bits per heavy atom. The third-order valence-electron chi connectivity index (χ3n) is 4.36. The molecule has 0 aromatic heterocycles. The molecule has 0 unspecified atom stereocenters. The molecule has 1 fully saturated rings. The molecular formula is C18H18Cl2N4O3. The van der Waals surface area contributed by atoms with Crippen LogP contribution in [0.5, 0.6) is 0 Å². The number of piperazine rings is 1. The first-order chi connectivity index (χ1) is 12.9. The van der Waals surface area contributed by atoms with Crippen LogP contribution < -0.4 is 5.32 Å². The number of amides is 2. The zero-order valence-corrected chi connectivity index (χ0v) is 15.9. The molecule has 1 N–H and O–H groups in total. The molecule has 0 radical (unpaired) electrons. The fraction of sp³-hybridized carbons (Fsp3) is 0.278. The predicted octanol–water partition coefficient (Wildman–Crippen LogP) is 4.25. The Hall–Kier alpha value is -2.35. The average Bonchev–Trinajstić information content (AvgIpc) is 2.65. The lowest BCUT2D eigenvalue weighted by Crippen LogP contribution is -2.49. The minimum absolute atomic E-state index is 0.0870. The van der Waals surface area contributed by atoms with Crippen LogP contribution in [0.4, 0.5) is 16.2 Å². The van der Waals surface area contributed by atoms with Crippen molar-refractivity contribution < 1.29 is 9.72 Å². The maximum absolute atomic E-state index is 12.4. The third kappa shape index (κ3) is 5.09. The van der Waals surface area contributed by atoms with Gasteiger partial charge in [0.25, 0.3) is 5.69 Å². The molecule has 1 aliphatic heterocycles. The summed E-state index contributed by atoms with van der Waals surface area (Å²) >= 11 is 12.0. The van der Waals surface area contributed by atoms with E-state index in [0.717, 1.165) is 5.56 Å². The van der Waals surface area contributed by atoms with Crippen LogP contribution in [-0.2, 0) is 6.54 Å². The number of hydrogen-bond donors (Lipinski definition) is 1. The Labute approximate surface area is 166 Å². The van der Waals surface area contributed by atoms with Crippen molar-refractivity contribution in [3.05, 3.63) is 68.2 Å². The molecule has 1 aliphatic rings. The summed E-state index contributed by atoms with van der Waals surface area (Å²) in [4.78, 5) is 26.8. The molecule has 1 saturated heterocycles. The van der Waals surface area contributed by atoms with Crippen LogP contribution in [0.25, 0.3) is 0 Å². The van der Waals surface area contributed by atoms with Gasteiger partial charge in [0.1, 0.15) is 0 Å². The number of nitrogens with zero attached hydrogens (tertiary/aromatic N) is 3. The normalized spacial score (nSPS) is 14.8. The number of nitro groups is 1. The van der Waals surface area contributed by atoms with E-state index in [-0.39, 0.29) is 11.7 Å². The van der Waals surface area contributed by atoms with Crippen LogP contribution >= 0.6 is 23.2 Å². The molecule has 0 saturated carbocycles. The standard InChI is InChI=1S/C18H18Cl2N4O3/c19-14-4-5-16(20)17(11-14)21-18(25)23-8-6-22(7-9-23)12-13-2-1-3-15(10-13)24(26)27/h1-5,10-11H,6-9,12H2,(H,21,25). The summed E-state index contributed by atoms with van der Waals surface area (Å²) in [6.45, 7) is 3.08. The van der Waals surface area contributed by atoms with Crippen molar-refractivity contribution in [2.75, 3.05) is 31.5 Å². The first-order valence-electron chi connectivity index (χ1n) is 8.39. The van der Waals surface area contributed by atoms with Crippen LogP contribution in [0.3, 0.4) is 0 Å². The van der Waals surface area contributed by atoms with Crippen molar-refractivity contribution in [1.82, 2.24) is 9.80 Å². The Bertz CT molecular complexity index is 854. The molecule has 0 bridgehead atoms. The number of carbonyl (C=O) groups excluding carboxylic acids is 1. The van der Waals surface area contributed by atoms with E-state index in [1.807, 2.05) is 6.07 Å². The lowest BCUT2D eigenvalue weighted by molar-refractivity contribution is -0.384. The number of nitro benzene ring substituents is 1. The Balaban J connectivity index is 1.54. The molecule has 1 heterocycles. The van der Waals surface area contributed by atoms with Crippen LogP contribution in [0.15, 0.2) is 42.5 Å². The van der Waals surface area contributed by atoms with Crippen LogP contribution in [0.1, 0.15) is 5.56 Å². The van der Waals surface area contributed by atoms with Crippen molar-refractivity contribution in [2.24, 2.45) is 0 Å². The van der Waals surface area contributed by atoms with Gasteiger partial charge in [-0.2, -0.15) is 0 Å². The number of nitrogens with one attached hydrogen (secondary N) is 1. The second-order valence-electron chi connectivity index (χ2n) is 6.24. The first kappa shape index (κ1) is 19.4. The topological polar surface area (TPSA) is 78.7 Å². The van der Waals surface area contributed by atoms with Gasteiger partial charge in [-0.15, -0.1) is 0 Å². The zero-order valence-electron chi connectivity index (χ0n) is 14.4. The molecule has 3 rings (SSSR count). The van der Waals surface area contributed by atoms with E-state index in [1.54, 1.807) is 35.2 Å². The summed E-state index contributed by atoms with van der Waals surface area (Å²) in [5, 5.41) is 14.6. The summed E-state index contributed by atoms with van der Waals surface area (Å²) in [7, 11) is 0. The van der Waals surface area contributed by atoms with Crippen LogP contribution in [0.2, 0.25) is 10.0 Å². The van der Waals surface area contributed by atoms with Gasteiger partial charge in [0.2, 0.25) is 0 Å². The van der Waals surface area contributed by atoms with Crippen molar-refractivity contribution >= 4 is 40.6 Å². The number of carbonyl (C=O) groups is 1. The highest BCUT2D eigenvalue weighted by atomic mass is 35.5. The number of urea groups is 1. The summed E-state index contributed by atoms with van der Waals surface area (Å²) < 4.78 is 0. The van der Waals surface area contributed by atoms with Gasteiger partial charge in [0.15, 0.2) is 0 Å². The molecule has 27 heavy (non-hydrogen) atoms. The highest BCUT2D eigenvalue weighted by Crippen LogP contribution is 2.26. The van der Waals surface area contributed by atoms with E-state index in [4.69, 9.17) is 23.2 Å². The molecule has 7 nitrogen and oxygen atoms in total. The van der Waals surface area contributed by atoms with Crippen LogP contribution in [0, 0.1) is 10.1 Å². The van der Waals surface area contributed by atoms with Gasteiger partial charge in [-0.05, 0) is 23.8 Å². The second-order valence-corrected chi connectivity index (χ2v) is 7.09. The van der Waals surface area contributed by atoms with Crippen molar-refractivity contribution in [3.8, 4) is 0 Å². The van der Waals surface area contributed by atoms with E-state index >= 15 is 0 Å². The molecule has 2 aromatic carbocycles. The molecular weight excluding hydrogens is 391 g/mol. The van der Waals surface area contributed by atoms with Gasteiger partial charge >= 0.3 is 6.03 Å². The van der Waals surface area contributed by atoms with Gasteiger partial charge < -0.3 is 10.2 Å². The lowest BCUT2D eigenvalue weighted by Gasteiger charge is -2.34. The second kappa shape index (κ2) is 8.56. The lowest BCUT2D eigenvalue weighted by atomic mass is 10.2. The smallest absolute Gasteiger partial charge is 0.321 e. The molecule has 2 amide bonds. The summed E-state index contributed by atoms with van der Waals surface area (Å²) in [5.74, 6) is 0. The van der Waals surface area contributed by atoms with Crippen LogP contribution in [-0.4, -0.2) is 46.9 Å². The third-order valence-corrected chi connectivity index (χ3v) is 4.92. The number of non-ortho nitro benzene ring substituents is 1. The SMILES string of the molecule is O=C(Nc1cc(Cl)ccc1Cl)N1CCN(Cc2cccc([N+](=O)[O-])c2)CC1. The highest BCUT2D eigenvalue weighted by Gasteiger charge is 2.22. The number of benzene rings is 2. The van der Waals surface area contributed by atoms with Gasteiger partial charge in [-0.3, -0.25) is 15.0 Å². The molecule has 9 heteroatoms. The fourth-order valence-corrected chi connectivity index (χ4v) is 3.26. The van der Waals surface area contributed by atoms with E-state index in [2.05, 4.69) is 10.2 Å². The number of rotatable bonds is 4. The zero-order chi connectivity index (χ0) is 19.4. The van der Waals surface area contributed by atoms with Gasteiger partial charge in [0.05, 0.1) is 15.6 Å². The van der Waals surface area contributed by atoms with Gasteiger partial charge in [-0.25, -0.2) is 4.79 Å². The Morgan fingerprint density at radius 1 is 1.11 bits per heavy atom.